The second-order valence-electron chi connectivity index (χ2n) is 6.89. The standard InChI is InChI=1S/C22H25N3O5S2/c1-4-25(5-2)32(28,29)19-10-11-21(26)20(12-19)24-22(27)16-6-8-18(9-7-16)30-13-17-14-31-15(3)23-17/h6-12,14,26H,4-5,13H2,1-3H3,(H,24,27). The zero-order chi connectivity index (χ0) is 23.3. The lowest BCUT2D eigenvalue weighted by Gasteiger charge is -2.19. The minimum Gasteiger partial charge on any atom is -0.506 e. The highest BCUT2D eigenvalue weighted by Gasteiger charge is 2.23. The highest BCUT2D eigenvalue weighted by molar-refractivity contribution is 7.89. The maximum atomic E-state index is 12.7. The van der Waals surface area contributed by atoms with Gasteiger partial charge in [-0.15, -0.1) is 11.3 Å². The molecule has 1 amide bonds. The summed E-state index contributed by atoms with van der Waals surface area (Å²) in [5.41, 5.74) is 1.19. The van der Waals surface area contributed by atoms with Crippen molar-refractivity contribution in [2.45, 2.75) is 32.3 Å². The van der Waals surface area contributed by atoms with E-state index in [0.29, 0.717) is 31.0 Å². The number of amides is 1. The monoisotopic (exact) mass is 475 g/mol. The van der Waals surface area contributed by atoms with Gasteiger partial charge in [-0.25, -0.2) is 13.4 Å². The van der Waals surface area contributed by atoms with Crippen LogP contribution < -0.4 is 10.1 Å². The third-order valence-corrected chi connectivity index (χ3v) is 7.60. The van der Waals surface area contributed by atoms with E-state index in [-0.39, 0.29) is 16.3 Å². The zero-order valence-electron chi connectivity index (χ0n) is 18.0. The van der Waals surface area contributed by atoms with E-state index in [1.165, 1.54) is 22.5 Å². The predicted octanol–water partition coefficient (Wildman–Crippen LogP) is 4.02. The highest BCUT2D eigenvalue weighted by Crippen LogP contribution is 2.28. The Morgan fingerprint density at radius 1 is 1.16 bits per heavy atom. The van der Waals surface area contributed by atoms with Gasteiger partial charge >= 0.3 is 0 Å². The number of hydrogen-bond donors (Lipinski definition) is 2. The van der Waals surface area contributed by atoms with Crippen LogP contribution in [0.3, 0.4) is 0 Å². The Hall–Kier alpha value is -2.95. The Balaban J connectivity index is 1.71. The number of nitrogens with one attached hydrogen (secondary N) is 1. The molecule has 0 saturated carbocycles. The zero-order valence-corrected chi connectivity index (χ0v) is 19.7. The molecule has 10 heteroatoms. The van der Waals surface area contributed by atoms with Crippen LogP contribution in [-0.2, 0) is 16.6 Å². The molecule has 0 aliphatic heterocycles. The molecular weight excluding hydrogens is 450 g/mol. The summed E-state index contributed by atoms with van der Waals surface area (Å²) in [6.07, 6.45) is 0. The number of ether oxygens (including phenoxy) is 1. The molecule has 1 heterocycles. The number of anilines is 1. The van der Waals surface area contributed by atoms with Gasteiger partial charge in [-0.3, -0.25) is 4.79 Å². The van der Waals surface area contributed by atoms with Crippen molar-refractivity contribution in [1.82, 2.24) is 9.29 Å². The lowest BCUT2D eigenvalue weighted by molar-refractivity contribution is 0.102. The number of carbonyl (C=O) groups excluding carboxylic acids is 1. The quantitative estimate of drug-likeness (QED) is 0.453. The van der Waals surface area contributed by atoms with Crippen LogP contribution >= 0.6 is 11.3 Å². The molecule has 8 nitrogen and oxygen atoms in total. The van der Waals surface area contributed by atoms with Crippen LogP contribution in [0.1, 0.15) is 34.9 Å². The van der Waals surface area contributed by atoms with Crippen LogP contribution in [-0.4, -0.2) is 41.8 Å². The van der Waals surface area contributed by atoms with Crippen molar-refractivity contribution < 1.29 is 23.1 Å². The molecule has 3 rings (SSSR count). The number of hydrogen-bond acceptors (Lipinski definition) is 7. The largest absolute Gasteiger partial charge is 0.506 e. The number of benzene rings is 2. The summed E-state index contributed by atoms with van der Waals surface area (Å²) in [5, 5.41) is 15.6. The van der Waals surface area contributed by atoms with Crippen molar-refractivity contribution in [3.8, 4) is 11.5 Å². The summed E-state index contributed by atoms with van der Waals surface area (Å²) in [7, 11) is -3.72. The fourth-order valence-electron chi connectivity index (χ4n) is 3.02. The van der Waals surface area contributed by atoms with Gasteiger partial charge in [0.25, 0.3) is 5.91 Å². The molecule has 2 N–H and O–H groups in total. The highest BCUT2D eigenvalue weighted by atomic mass is 32.2. The Bertz CT molecular complexity index is 1190. The van der Waals surface area contributed by atoms with Gasteiger partial charge in [0, 0.05) is 24.0 Å². The molecule has 0 spiro atoms. The Morgan fingerprint density at radius 3 is 2.44 bits per heavy atom. The van der Waals surface area contributed by atoms with Gasteiger partial charge in [0.1, 0.15) is 18.1 Å². The minimum atomic E-state index is -3.72. The molecule has 1 aromatic heterocycles. The molecule has 0 bridgehead atoms. The average molecular weight is 476 g/mol. The number of aromatic nitrogens is 1. The number of aryl methyl sites for hydroxylation is 1. The van der Waals surface area contributed by atoms with Gasteiger partial charge in [0.15, 0.2) is 0 Å². The van der Waals surface area contributed by atoms with Crippen molar-refractivity contribution in [2.75, 3.05) is 18.4 Å². The first-order valence-corrected chi connectivity index (χ1v) is 12.3. The second-order valence-corrected chi connectivity index (χ2v) is 9.89. The Labute approximate surface area is 191 Å². The van der Waals surface area contributed by atoms with E-state index < -0.39 is 15.9 Å². The van der Waals surface area contributed by atoms with Crippen LogP contribution in [0.15, 0.2) is 52.7 Å². The van der Waals surface area contributed by atoms with Crippen molar-refractivity contribution in [3.63, 3.8) is 0 Å². The molecule has 0 saturated heterocycles. The molecule has 0 atom stereocenters. The molecule has 0 unspecified atom stereocenters. The second kappa shape index (κ2) is 10.1. The van der Waals surface area contributed by atoms with Crippen molar-refractivity contribution >= 4 is 33.0 Å². The summed E-state index contributed by atoms with van der Waals surface area (Å²) in [6.45, 7) is 6.38. The van der Waals surface area contributed by atoms with E-state index in [2.05, 4.69) is 10.3 Å². The van der Waals surface area contributed by atoms with E-state index in [0.717, 1.165) is 10.7 Å². The lowest BCUT2D eigenvalue weighted by atomic mass is 10.2. The van der Waals surface area contributed by atoms with Crippen LogP contribution in [0.4, 0.5) is 5.69 Å². The van der Waals surface area contributed by atoms with Crippen LogP contribution in [0, 0.1) is 6.92 Å². The van der Waals surface area contributed by atoms with E-state index in [1.54, 1.807) is 49.4 Å². The number of phenolic OH excluding ortho intramolecular Hbond substituents is 1. The summed E-state index contributed by atoms with van der Waals surface area (Å²) >= 11 is 1.55. The van der Waals surface area contributed by atoms with Gasteiger partial charge in [0.05, 0.1) is 21.3 Å². The van der Waals surface area contributed by atoms with Gasteiger partial charge in [-0.2, -0.15) is 4.31 Å². The lowest BCUT2D eigenvalue weighted by Crippen LogP contribution is -2.30. The number of thiazole rings is 1. The van der Waals surface area contributed by atoms with Gasteiger partial charge in [-0.1, -0.05) is 13.8 Å². The number of sulfonamides is 1. The molecule has 0 fully saturated rings. The number of aromatic hydroxyl groups is 1. The molecule has 3 aromatic rings. The first-order chi connectivity index (χ1) is 15.2. The SMILES string of the molecule is CCN(CC)S(=O)(=O)c1ccc(O)c(NC(=O)c2ccc(OCc3csc(C)n3)cc2)c1. The summed E-state index contributed by atoms with van der Waals surface area (Å²) < 4.78 is 32.4. The van der Waals surface area contributed by atoms with Gasteiger partial charge in [-0.05, 0) is 49.4 Å². The minimum absolute atomic E-state index is 0.00433. The van der Waals surface area contributed by atoms with Gasteiger partial charge < -0.3 is 15.2 Å². The first-order valence-electron chi connectivity index (χ1n) is 10.0. The smallest absolute Gasteiger partial charge is 0.255 e. The molecule has 0 radical (unpaired) electrons. The first kappa shape index (κ1) is 23.7. The Kier molecular flexibility index (Phi) is 7.49. The van der Waals surface area contributed by atoms with Crippen molar-refractivity contribution in [2.24, 2.45) is 0 Å². The molecule has 170 valence electrons. The van der Waals surface area contributed by atoms with Crippen LogP contribution in [0.25, 0.3) is 0 Å². The van der Waals surface area contributed by atoms with E-state index in [9.17, 15) is 18.3 Å². The predicted molar refractivity (Wildman–Crippen MR) is 124 cm³/mol. The van der Waals surface area contributed by atoms with E-state index >= 15 is 0 Å². The van der Waals surface area contributed by atoms with Crippen LogP contribution in [0.2, 0.25) is 0 Å². The third-order valence-electron chi connectivity index (χ3n) is 4.73. The van der Waals surface area contributed by atoms with E-state index in [4.69, 9.17) is 4.74 Å². The topological polar surface area (TPSA) is 109 Å². The molecule has 32 heavy (non-hydrogen) atoms. The summed E-state index contributed by atoms with van der Waals surface area (Å²) in [4.78, 5) is 17.0. The summed E-state index contributed by atoms with van der Waals surface area (Å²) in [5.74, 6) is -0.128. The maximum Gasteiger partial charge on any atom is 0.255 e. The number of phenols is 1. The Morgan fingerprint density at radius 2 is 1.84 bits per heavy atom. The maximum absolute atomic E-state index is 12.7. The van der Waals surface area contributed by atoms with Gasteiger partial charge in [0.2, 0.25) is 10.0 Å². The fourth-order valence-corrected chi connectivity index (χ4v) is 5.10. The van der Waals surface area contributed by atoms with Crippen LogP contribution in [0.5, 0.6) is 11.5 Å². The van der Waals surface area contributed by atoms with Crippen molar-refractivity contribution in [3.05, 3.63) is 64.1 Å². The van der Waals surface area contributed by atoms with Crippen molar-refractivity contribution in [1.29, 1.82) is 0 Å². The molecule has 0 aliphatic carbocycles. The average Bonchev–Trinajstić information content (AvgIpc) is 3.19. The summed E-state index contributed by atoms with van der Waals surface area (Å²) in [6, 6.07) is 10.3. The van der Waals surface area contributed by atoms with E-state index in [1.807, 2.05) is 12.3 Å². The molecule has 0 aliphatic rings. The number of nitrogens with zero attached hydrogens (tertiary/aromatic N) is 2. The number of carbonyl (C=O) groups is 1. The normalized spacial score (nSPS) is 11.5. The molecular formula is C22H25N3O5S2. The number of rotatable bonds is 9. The fraction of sp³-hybridized carbons (Fsp3) is 0.273. The third kappa shape index (κ3) is 5.45. The molecule has 2 aromatic carbocycles.